The Hall–Kier alpha value is -1.44. The minimum Gasteiger partial charge on any atom is -0.385 e. The van der Waals surface area contributed by atoms with Crippen LogP contribution in [-0.2, 0) is 0 Å². The molecule has 0 aromatic heterocycles. The number of hydrogen-bond acceptors (Lipinski definition) is 2. The molecule has 1 aromatic rings. The maximum atomic E-state index is 3.61. The predicted octanol–water partition coefficient (Wildman–Crippen LogP) is 3.38. The van der Waals surface area contributed by atoms with Gasteiger partial charge in [0.25, 0.3) is 0 Å². The molecule has 1 N–H and O–H groups in total. The van der Waals surface area contributed by atoms with Crippen LogP contribution in [0.1, 0.15) is 12.8 Å². The number of benzene rings is 1. The Labute approximate surface area is 110 Å². The van der Waals surface area contributed by atoms with Gasteiger partial charge in [0, 0.05) is 32.0 Å². The largest absolute Gasteiger partial charge is 0.385 e. The highest BCUT2D eigenvalue weighted by Gasteiger charge is 2.35. The zero-order valence-electron chi connectivity index (χ0n) is 11.3. The van der Waals surface area contributed by atoms with Crippen molar-refractivity contribution >= 4 is 11.4 Å². The van der Waals surface area contributed by atoms with Crippen LogP contribution in [0.15, 0.2) is 36.4 Å². The standard InChI is InChI=1S/C16H22N2/c1-18(2)16-5-3-4-15(10-16)17-11-14-9-12-6-7-13(14)8-12/h3-7,10,12-14,17H,8-9,11H2,1-2H3. The SMILES string of the molecule is CN(C)c1cccc(NCC2CC3C=CC2C3)c1. The van der Waals surface area contributed by atoms with E-state index in [0.29, 0.717) is 0 Å². The average Bonchev–Trinajstić information content (AvgIpc) is 2.99. The van der Waals surface area contributed by atoms with Gasteiger partial charge >= 0.3 is 0 Å². The van der Waals surface area contributed by atoms with E-state index >= 15 is 0 Å². The number of allylic oxidation sites excluding steroid dienone is 2. The lowest BCUT2D eigenvalue weighted by Gasteiger charge is -2.20. The Morgan fingerprint density at radius 3 is 2.78 bits per heavy atom. The molecule has 0 aliphatic heterocycles. The summed E-state index contributed by atoms with van der Waals surface area (Å²) in [6.45, 7) is 1.11. The van der Waals surface area contributed by atoms with Gasteiger partial charge < -0.3 is 10.2 Å². The molecule has 3 atom stereocenters. The normalized spacial score (nSPS) is 28.7. The Kier molecular flexibility index (Phi) is 3.02. The lowest BCUT2D eigenvalue weighted by atomic mass is 9.93. The second-order valence-electron chi connectivity index (χ2n) is 5.87. The molecule has 0 amide bonds. The van der Waals surface area contributed by atoms with Crippen molar-refractivity contribution in [3.05, 3.63) is 36.4 Å². The first kappa shape index (κ1) is 11.6. The molecule has 1 saturated carbocycles. The van der Waals surface area contributed by atoms with Gasteiger partial charge in [-0.3, -0.25) is 0 Å². The molecule has 2 aliphatic carbocycles. The van der Waals surface area contributed by atoms with E-state index in [2.05, 4.69) is 60.7 Å². The van der Waals surface area contributed by atoms with Crippen LogP contribution in [0.4, 0.5) is 11.4 Å². The lowest BCUT2D eigenvalue weighted by molar-refractivity contribution is 0.472. The zero-order valence-corrected chi connectivity index (χ0v) is 11.3. The molecule has 0 heterocycles. The van der Waals surface area contributed by atoms with Crippen molar-refractivity contribution in [2.75, 3.05) is 30.9 Å². The summed E-state index contributed by atoms with van der Waals surface area (Å²) in [4.78, 5) is 2.14. The van der Waals surface area contributed by atoms with Gasteiger partial charge in [0.05, 0.1) is 0 Å². The molecule has 18 heavy (non-hydrogen) atoms. The van der Waals surface area contributed by atoms with Gasteiger partial charge in [0.15, 0.2) is 0 Å². The number of nitrogens with one attached hydrogen (secondary N) is 1. The van der Waals surface area contributed by atoms with E-state index in [9.17, 15) is 0 Å². The number of nitrogens with zero attached hydrogens (tertiary/aromatic N) is 1. The lowest BCUT2D eigenvalue weighted by Crippen LogP contribution is -2.18. The first-order valence-corrected chi connectivity index (χ1v) is 6.92. The highest BCUT2D eigenvalue weighted by Crippen LogP contribution is 2.43. The van der Waals surface area contributed by atoms with Crippen molar-refractivity contribution in [1.82, 2.24) is 0 Å². The third-order valence-electron chi connectivity index (χ3n) is 4.35. The van der Waals surface area contributed by atoms with Gasteiger partial charge in [0.1, 0.15) is 0 Å². The predicted molar refractivity (Wildman–Crippen MR) is 78.1 cm³/mol. The highest BCUT2D eigenvalue weighted by atomic mass is 15.1. The molecule has 2 nitrogen and oxygen atoms in total. The Balaban J connectivity index is 1.60. The second kappa shape index (κ2) is 4.68. The van der Waals surface area contributed by atoms with Crippen LogP contribution in [0.5, 0.6) is 0 Å². The summed E-state index contributed by atoms with van der Waals surface area (Å²) in [7, 11) is 4.17. The number of rotatable bonds is 4. The van der Waals surface area contributed by atoms with Crippen LogP contribution >= 0.6 is 0 Å². The molecule has 0 spiro atoms. The summed E-state index contributed by atoms with van der Waals surface area (Å²) in [5.41, 5.74) is 2.50. The molecule has 0 radical (unpaired) electrons. The number of anilines is 2. The van der Waals surface area contributed by atoms with Crippen LogP contribution in [0.25, 0.3) is 0 Å². The van der Waals surface area contributed by atoms with E-state index in [1.807, 2.05) is 0 Å². The van der Waals surface area contributed by atoms with Gasteiger partial charge in [-0.2, -0.15) is 0 Å². The van der Waals surface area contributed by atoms with Crippen LogP contribution in [-0.4, -0.2) is 20.6 Å². The summed E-state index contributed by atoms with van der Waals surface area (Å²) in [5, 5.41) is 3.61. The third kappa shape index (κ3) is 2.24. The summed E-state index contributed by atoms with van der Waals surface area (Å²) < 4.78 is 0. The summed E-state index contributed by atoms with van der Waals surface area (Å²) in [5.74, 6) is 2.54. The fourth-order valence-corrected chi connectivity index (χ4v) is 3.27. The van der Waals surface area contributed by atoms with Gasteiger partial charge in [0.2, 0.25) is 0 Å². The molecular weight excluding hydrogens is 220 g/mol. The van der Waals surface area contributed by atoms with Crippen LogP contribution in [0.3, 0.4) is 0 Å². The van der Waals surface area contributed by atoms with Gasteiger partial charge in [-0.05, 0) is 48.8 Å². The van der Waals surface area contributed by atoms with E-state index < -0.39 is 0 Å². The van der Waals surface area contributed by atoms with Crippen LogP contribution < -0.4 is 10.2 Å². The molecule has 96 valence electrons. The maximum Gasteiger partial charge on any atom is 0.0381 e. The summed E-state index contributed by atoms with van der Waals surface area (Å²) in [6, 6.07) is 8.66. The minimum atomic E-state index is 0.833. The molecule has 2 aliphatic rings. The molecule has 0 saturated heterocycles. The smallest absolute Gasteiger partial charge is 0.0381 e. The minimum absolute atomic E-state index is 0.833. The summed E-state index contributed by atoms with van der Waals surface area (Å²) in [6.07, 6.45) is 7.61. The quantitative estimate of drug-likeness (QED) is 0.814. The van der Waals surface area contributed by atoms with Gasteiger partial charge in [-0.1, -0.05) is 18.2 Å². The first-order chi connectivity index (χ1) is 8.72. The van der Waals surface area contributed by atoms with Crippen molar-refractivity contribution in [1.29, 1.82) is 0 Å². The molecule has 3 unspecified atom stereocenters. The molecule has 1 aromatic carbocycles. The number of fused-ring (bicyclic) bond motifs is 2. The van der Waals surface area contributed by atoms with E-state index in [1.165, 1.54) is 24.2 Å². The molecule has 1 fully saturated rings. The monoisotopic (exact) mass is 242 g/mol. The first-order valence-electron chi connectivity index (χ1n) is 6.92. The van der Waals surface area contributed by atoms with Crippen molar-refractivity contribution in [2.45, 2.75) is 12.8 Å². The van der Waals surface area contributed by atoms with Crippen molar-refractivity contribution in [2.24, 2.45) is 17.8 Å². The van der Waals surface area contributed by atoms with Crippen LogP contribution in [0, 0.1) is 17.8 Å². The van der Waals surface area contributed by atoms with Crippen molar-refractivity contribution in [3.63, 3.8) is 0 Å². The number of hydrogen-bond donors (Lipinski definition) is 1. The second-order valence-corrected chi connectivity index (χ2v) is 5.87. The fraction of sp³-hybridized carbons (Fsp3) is 0.500. The Morgan fingerprint density at radius 1 is 1.22 bits per heavy atom. The van der Waals surface area contributed by atoms with E-state index in [-0.39, 0.29) is 0 Å². The van der Waals surface area contributed by atoms with E-state index in [1.54, 1.807) is 0 Å². The highest BCUT2D eigenvalue weighted by molar-refractivity contribution is 5.57. The zero-order chi connectivity index (χ0) is 12.5. The molecule has 2 heteroatoms. The van der Waals surface area contributed by atoms with Crippen molar-refractivity contribution < 1.29 is 0 Å². The molecule has 2 bridgehead atoms. The van der Waals surface area contributed by atoms with Gasteiger partial charge in [-0.15, -0.1) is 0 Å². The third-order valence-corrected chi connectivity index (χ3v) is 4.35. The van der Waals surface area contributed by atoms with E-state index in [4.69, 9.17) is 0 Å². The summed E-state index contributed by atoms with van der Waals surface area (Å²) >= 11 is 0. The maximum absolute atomic E-state index is 3.61. The topological polar surface area (TPSA) is 15.3 Å². The average molecular weight is 242 g/mol. The van der Waals surface area contributed by atoms with Gasteiger partial charge in [-0.25, -0.2) is 0 Å². The Bertz CT molecular complexity index is 450. The fourth-order valence-electron chi connectivity index (χ4n) is 3.27. The van der Waals surface area contributed by atoms with E-state index in [0.717, 1.165) is 24.3 Å². The molecule has 3 rings (SSSR count). The van der Waals surface area contributed by atoms with Crippen molar-refractivity contribution in [3.8, 4) is 0 Å². The Morgan fingerprint density at radius 2 is 2.11 bits per heavy atom. The van der Waals surface area contributed by atoms with Crippen LogP contribution in [0.2, 0.25) is 0 Å². The molecular formula is C16H22N2.